The second-order valence-corrected chi connectivity index (χ2v) is 5.06. The summed E-state index contributed by atoms with van der Waals surface area (Å²) in [6, 6.07) is 3.30. The van der Waals surface area contributed by atoms with E-state index in [0.29, 0.717) is 4.47 Å². The molecule has 0 spiro atoms. The van der Waals surface area contributed by atoms with E-state index in [-0.39, 0.29) is 11.4 Å². The van der Waals surface area contributed by atoms with Gasteiger partial charge >= 0.3 is 0 Å². The molecular weight excluding hydrogens is 259 g/mol. The fraction of sp³-hybridized carbons (Fsp3) is 0.455. The molecule has 1 aliphatic rings. The lowest BCUT2D eigenvalue weighted by Gasteiger charge is -2.37. The van der Waals surface area contributed by atoms with Gasteiger partial charge in [-0.1, -0.05) is 6.92 Å². The SMILES string of the molecule is CCC1(C)CNc2cc(Br)c(F)cc2N1. The van der Waals surface area contributed by atoms with Gasteiger partial charge in [-0.05, 0) is 35.3 Å². The third-order valence-electron chi connectivity index (χ3n) is 2.95. The number of fused-ring (bicyclic) bond motifs is 1. The van der Waals surface area contributed by atoms with Crippen molar-refractivity contribution in [3.63, 3.8) is 0 Å². The molecule has 2 nitrogen and oxygen atoms in total. The average molecular weight is 273 g/mol. The van der Waals surface area contributed by atoms with Crippen LogP contribution in [0.3, 0.4) is 0 Å². The third-order valence-corrected chi connectivity index (χ3v) is 3.55. The van der Waals surface area contributed by atoms with E-state index in [1.807, 2.05) is 0 Å². The Morgan fingerprint density at radius 3 is 2.87 bits per heavy atom. The van der Waals surface area contributed by atoms with Gasteiger partial charge in [-0.15, -0.1) is 0 Å². The van der Waals surface area contributed by atoms with Crippen molar-refractivity contribution in [2.45, 2.75) is 25.8 Å². The highest BCUT2D eigenvalue weighted by atomic mass is 79.9. The standard InChI is InChI=1S/C11H14BrFN2/c1-3-11(2)6-14-9-4-7(12)8(13)5-10(9)15-11/h4-5,14-15H,3,6H2,1-2H3. The highest BCUT2D eigenvalue weighted by molar-refractivity contribution is 9.10. The van der Waals surface area contributed by atoms with Crippen molar-refractivity contribution in [3.8, 4) is 0 Å². The van der Waals surface area contributed by atoms with Crippen LogP contribution in [-0.2, 0) is 0 Å². The Kier molecular flexibility index (Phi) is 2.63. The van der Waals surface area contributed by atoms with Gasteiger partial charge in [0.25, 0.3) is 0 Å². The van der Waals surface area contributed by atoms with Crippen LogP contribution in [0.25, 0.3) is 0 Å². The maximum Gasteiger partial charge on any atom is 0.139 e. The summed E-state index contributed by atoms with van der Waals surface area (Å²) in [7, 11) is 0. The lowest BCUT2D eigenvalue weighted by Crippen LogP contribution is -2.44. The Balaban J connectivity index is 2.38. The van der Waals surface area contributed by atoms with E-state index < -0.39 is 0 Å². The van der Waals surface area contributed by atoms with Crippen molar-refractivity contribution in [3.05, 3.63) is 22.4 Å². The molecule has 1 heterocycles. The molecule has 0 radical (unpaired) electrons. The van der Waals surface area contributed by atoms with E-state index in [9.17, 15) is 4.39 Å². The summed E-state index contributed by atoms with van der Waals surface area (Å²) >= 11 is 3.18. The quantitative estimate of drug-likeness (QED) is 0.817. The van der Waals surface area contributed by atoms with Crippen molar-refractivity contribution < 1.29 is 4.39 Å². The molecule has 1 aromatic rings. The van der Waals surface area contributed by atoms with E-state index in [1.54, 1.807) is 6.07 Å². The molecule has 0 bridgehead atoms. The molecule has 0 aliphatic carbocycles. The van der Waals surface area contributed by atoms with Crippen molar-refractivity contribution in [2.75, 3.05) is 17.2 Å². The van der Waals surface area contributed by atoms with E-state index in [4.69, 9.17) is 0 Å². The first-order valence-electron chi connectivity index (χ1n) is 5.05. The number of benzene rings is 1. The average Bonchev–Trinajstić information content (AvgIpc) is 2.21. The van der Waals surface area contributed by atoms with Gasteiger partial charge in [-0.2, -0.15) is 0 Å². The fourth-order valence-electron chi connectivity index (χ4n) is 1.67. The van der Waals surface area contributed by atoms with Crippen LogP contribution < -0.4 is 10.6 Å². The van der Waals surface area contributed by atoms with Crippen LogP contribution in [0.5, 0.6) is 0 Å². The van der Waals surface area contributed by atoms with E-state index >= 15 is 0 Å². The number of anilines is 2. The van der Waals surface area contributed by atoms with Gasteiger partial charge in [0, 0.05) is 12.6 Å². The highest BCUT2D eigenvalue weighted by Gasteiger charge is 2.27. The van der Waals surface area contributed by atoms with E-state index in [2.05, 4.69) is 40.4 Å². The summed E-state index contributed by atoms with van der Waals surface area (Å²) in [6.45, 7) is 5.10. The van der Waals surface area contributed by atoms with Crippen LogP contribution >= 0.6 is 15.9 Å². The van der Waals surface area contributed by atoms with Gasteiger partial charge in [-0.3, -0.25) is 0 Å². The smallest absolute Gasteiger partial charge is 0.139 e. The normalized spacial score (nSPS) is 24.0. The minimum absolute atomic E-state index is 0.00721. The summed E-state index contributed by atoms with van der Waals surface area (Å²) in [4.78, 5) is 0. The Labute approximate surface area is 97.4 Å². The maximum absolute atomic E-state index is 13.3. The van der Waals surface area contributed by atoms with E-state index in [0.717, 1.165) is 24.3 Å². The lowest BCUT2D eigenvalue weighted by molar-refractivity contribution is 0.512. The molecule has 1 aliphatic heterocycles. The number of rotatable bonds is 1. The summed E-state index contributed by atoms with van der Waals surface area (Å²) in [5.41, 5.74) is 1.80. The fourth-order valence-corrected chi connectivity index (χ4v) is 2.01. The molecule has 0 saturated carbocycles. The zero-order chi connectivity index (χ0) is 11.1. The van der Waals surface area contributed by atoms with Crippen molar-refractivity contribution >= 4 is 27.3 Å². The highest BCUT2D eigenvalue weighted by Crippen LogP contribution is 2.35. The summed E-state index contributed by atoms with van der Waals surface area (Å²) < 4.78 is 13.8. The summed E-state index contributed by atoms with van der Waals surface area (Å²) in [5, 5.41) is 6.68. The molecule has 15 heavy (non-hydrogen) atoms. The number of hydrogen-bond donors (Lipinski definition) is 2. The van der Waals surface area contributed by atoms with Crippen molar-refractivity contribution in [1.29, 1.82) is 0 Å². The van der Waals surface area contributed by atoms with Gasteiger partial charge in [0.2, 0.25) is 0 Å². The molecule has 0 aromatic heterocycles. The third kappa shape index (κ3) is 1.95. The molecule has 1 unspecified atom stereocenters. The summed E-state index contributed by atoms with van der Waals surface area (Å²) in [6.07, 6.45) is 0.997. The first-order valence-corrected chi connectivity index (χ1v) is 5.84. The van der Waals surface area contributed by atoms with Gasteiger partial charge in [-0.25, -0.2) is 4.39 Å². The van der Waals surface area contributed by atoms with E-state index in [1.165, 1.54) is 6.07 Å². The van der Waals surface area contributed by atoms with Crippen LogP contribution in [0.4, 0.5) is 15.8 Å². The number of hydrogen-bond acceptors (Lipinski definition) is 2. The van der Waals surface area contributed by atoms with Gasteiger partial charge in [0.1, 0.15) is 5.82 Å². The van der Waals surface area contributed by atoms with Gasteiger partial charge < -0.3 is 10.6 Å². The molecular formula is C11H14BrFN2. The first kappa shape index (κ1) is 10.7. The number of nitrogens with one attached hydrogen (secondary N) is 2. The minimum Gasteiger partial charge on any atom is -0.381 e. The monoisotopic (exact) mass is 272 g/mol. The molecule has 1 atom stereocenters. The molecule has 0 amide bonds. The van der Waals surface area contributed by atoms with Gasteiger partial charge in [0.15, 0.2) is 0 Å². The lowest BCUT2D eigenvalue weighted by atomic mass is 9.95. The van der Waals surface area contributed by atoms with Crippen molar-refractivity contribution in [2.24, 2.45) is 0 Å². The second-order valence-electron chi connectivity index (χ2n) is 4.20. The zero-order valence-electron chi connectivity index (χ0n) is 8.82. The van der Waals surface area contributed by atoms with Gasteiger partial charge in [0.05, 0.1) is 21.4 Å². The van der Waals surface area contributed by atoms with Crippen LogP contribution in [0.2, 0.25) is 0 Å². The molecule has 82 valence electrons. The summed E-state index contributed by atoms with van der Waals surface area (Å²) in [5.74, 6) is -0.233. The molecule has 2 N–H and O–H groups in total. The van der Waals surface area contributed by atoms with Crippen LogP contribution in [0.15, 0.2) is 16.6 Å². The van der Waals surface area contributed by atoms with Crippen LogP contribution in [-0.4, -0.2) is 12.1 Å². The second kappa shape index (κ2) is 3.67. The minimum atomic E-state index is -0.233. The largest absolute Gasteiger partial charge is 0.381 e. The maximum atomic E-state index is 13.3. The molecule has 0 saturated heterocycles. The number of halogens is 2. The zero-order valence-corrected chi connectivity index (χ0v) is 10.4. The Morgan fingerprint density at radius 1 is 1.47 bits per heavy atom. The Morgan fingerprint density at radius 2 is 2.20 bits per heavy atom. The Bertz CT molecular complexity index is 394. The first-order chi connectivity index (χ1) is 7.04. The predicted molar refractivity (Wildman–Crippen MR) is 64.9 cm³/mol. The predicted octanol–water partition coefficient (Wildman–Crippen LogP) is 3.59. The molecule has 2 rings (SSSR count). The van der Waals surface area contributed by atoms with Crippen LogP contribution in [0, 0.1) is 5.82 Å². The Hall–Kier alpha value is -0.770. The molecule has 1 aromatic carbocycles. The molecule has 0 fully saturated rings. The molecule has 4 heteroatoms. The van der Waals surface area contributed by atoms with Crippen molar-refractivity contribution in [1.82, 2.24) is 0 Å². The van der Waals surface area contributed by atoms with Crippen LogP contribution in [0.1, 0.15) is 20.3 Å². The topological polar surface area (TPSA) is 24.1 Å².